The molecule has 1 aliphatic heterocycles. The summed E-state index contributed by atoms with van der Waals surface area (Å²) in [5.41, 5.74) is 4.67. The SMILES string of the molecule is NC(=O)c1cc(OCC#CCC2CNC2)c(Cl)c([N+](=O)[O-])c1. The van der Waals surface area contributed by atoms with Crippen LogP contribution in [0.3, 0.4) is 0 Å². The lowest BCUT2D eigenvalue weighted by Crippen LogP contribution is -2.41. The zero-order chi connectivity index (χ0) is 16.1. The molecule has 1 fully saturated rings. The number of ether oxygens (including phenoxy) is 1. The lowest BCUT2D eigenvalue weighted by molar-refractivity contribution is -0.384. The Hall–Kier alpha value is -2.30. The highest BCUT2D eigenvalue weighted by Gasteiger charge is 2.21. The van der Waals surface area contributed by atoms with E-state index in [0.717, 1.165) is 25.6 Å². The number of nitrogens with one attached hydrogen (secondary N) is 1. The number of carbonyl (C=O) groups excluding carboxylic acids is 1. The minimum Gasteiger partial charge on any atom is -0.479 e. The molecular weight excluding hydrogens is 310 g/mol. The third-order valence-electron chi connectivity index (χ3n) is 3.18. The Balaban J connectivity index is 2.07. The number of hydrogen-bond donors (Lipinski definition) is 2. The molecule has 0 bridgehead atoms. The molecule has 1 aromatic carbocycles. The summed E-state index contributed by atoms with van der Waals surface area (Å²) >= 11 is 5.90. The molecule has 0 unspecified atom stereocenters. The lowest BCUT2D eigenvalue weighted by atomic mass is 10.0. The monoisotopic (exact) mass is 323 g/mol. The number of halogens is 1. The zero-order valence-electron chi connectivity index (χ0n) is 11.6. The maximum atomic E-state index is 11.2. The van der Waals surface area contributed by atoms with Crippen molar-refractivity contribution >= 4 is 23.2 Å². The molecule has 0 aromatic heterocycles. The van der Waals surface area contributed by atoms with Gasteiger partial charge >= 0.3 is 0 Å². The zero-order valence-corrected chi connectivity index (χ0v) is 12.4. The molecule has 0 spiro atoms. The number of hydrogen-bond acceptors (Lipinski definition) is 5. The van der Waals surface area contributed by atoms with E-state index in [0.29, 0.717) is 5.92 Å². The third-order valence-corrected chi connectivity index (χ3v) is 3.56. The highest BCUT2D eigenvalue weighted by molar-refractivity contribution is 6.34. The molecule has 1 aromatic rings. The molecule has 116 valence electrons. The van der Waals surface area contributed by atoms with E-state index in [-0.39, 0.29) is 22.9 Å². The van der Waals surface area contributed by atoms with Gasteiger partial charge in [-0.25, -0.2) is 0 Å². The van der Waals surface area contributed by atoms with Crippen LogP contribution in [0.15, 0.2) is 12.1 Å². The van der Waals surface area contributed by atoms with Crippen LogP contribution in [-0.4, -0.2) is 30.5 Å². The Morgan fingerprint density at radius 2 is 2.23 bits per heavy atom. The van der Waals surface area contributed by atoms with Crippen molar-refractivity contribution in [3.05, 3.63) is 32.8 Å². The number of nitro benzene ring substituents is 1. The highest BCUT2D eigenvalue weighted by atomic mass is 35.5. The molecular formula is C14H14ClN3O4. The first-order valence-corrected chi connectivity index (χ1v) is 6.93. The lowest BCUT2D eigenvalue weighted by Gasteiger charge is -2.24. The average Bonchev–Trinajstić information content (AvgIpc) is 2.41. The van der Waals surface area contributed by atoms with Gasteiger partial charge in [-0.05, 0) is 12.0 Å². The number of nitrogens with two attached hydrogens (primary N) is 1. The Morgan fingerprint density at radius 3 is 2.77 bits per heavy atom. The number of nitro groups is 1. The third kappa shape index (κ3) is 3.87. The van der Waals surface area contributed by atoms with Gasteiger partial charge in [-0.15, -0.1) is 0 Å². The summed E-state index contributed by atoms with van der Waals surface area (Å²) in [6, 6.07) is 2.29. The van der Waals surface area contributed by atoms with Gasteiger partial charge in [0.2, 0.25) is 5.91 Å². The van der Waals surface area contributed by atoms with E-state index in [9.17, 15) is 14.9 Å². The van der Waals surface area contributed by atoms with Crippen LogP contribution in [0, 0.1) is 27.9 Å². The van der Waals surface area contributed by atoms with Gasteiger partial charge in [-0.2, -0.15) is 0 Å². The summed E-state index contributed by atoms with van der Waals surface area (Å²) in [4.78, 5) is 21.4. The van der Waals surface area contributed by atoms with Crippen molar-refractivity contribution < 1.29 is 14.5 Å². The minimum absolute atomic E-state index is 0.0178. The van der Waals surface area contributed by atoms with Crippen LogP contribution in [0.5, 0.6) is 5.75 Å². The number of benzene rings is 1. The summed E-state index contributed by atoms with van der Waals surface area (Å²) in [5, 5.41) is 13.9. The Kier molecular flexibility index (Phi) is 5.20. The van der Waals surface area contributed by atoms with Crippen molar-refractivity contribution in [2.75, 3.05) is 19.7 Å². The standard InChI is InChI=1S/C14H14ClN3O4/c15-13-11(18(20)21)5-10(14(16)19)6-12(13)22-4-2-1-3-9-7-17-8-9/h5-6,9,17H,3-4,7-8H2,(H2,16,19). The Bertz CT molecular complexity index is 662. The topological polar surface area (TPSA) is 107 Å². The van der Waals surface area contributed by atoms with E-state index in [1.807, 2.05) is 0 Å². The fourth-order valence-electron chi connectivity index (χ4n) is 1.84. The first-order valence-electron chi connectivity index (χ1n) is 6.56. The molecule has 7 nitrogen and oxygen atoms in total. The normalized spacial score (nSPS) is 13.7. The molecule has 8 heteroatoms. The number of rotatable bonds is 5. The number of amides is 1. The predicted octanol–water partition coefficient (Wildman–Crippen LogP) is 1.34. The molecule has 1 amide bonds. The summed E-state index contributed by atoms with van der Waals surface area (Å²) in [6.07, 6.45) is 0.769. The largest absolute Gasteiger partial charge is 0.479 e. The maximum Gasteiger partial charge on any atom is 0.292 e. The second kappa shape index (κ2) is 7.11. The van der Waals surface area contributed by atoms with Crippen molar-refractivity contribution in [3.8, 4) is 17.6 Å². The van der Waals surface area contributed by atoms with Gasteiger partial charge in [0, 0.05) is 31.1 Å². The quantitative estimate of drug-likeness (QED) is 0.483. The molecule has 0 atom stereocenters. The smallest absolute Gasteiger partial charge is 0.292 e. The van der Waals surface area contributed by atoms with Gasteiger partial charge < -0.3 is 15.8 Å². The fourth-order valence-corrected chi connectivity index (χ4v) is 2.07. The van der Waals surface area contributed by atoms with Crippen LogP contribution < -0.4 is 15.8 Å². The van der Waals surface area contributed by atoms with Crippen molar-refractivity contribution in [2.45, 2.75) is 6.42 Å². The van der Waals surface area contributed by atoms with Crippen molar-refractivity contribution in [3.63, 3.8) is 0 Å². The molecule has 2 rings (SSSR count). The summed E-state index contributed by atoms with van der Waals surface area (Å²) in [6.45, 7) is 1.96. The van der Waals surface area contributed by atoms with Gasteiger partial charge in [0.05, 0.1) is 4.92 Å². The summed E-state index contributed by atoms with van der Waals surface area (Å²) in [7, 11) is 0. The van der Waals surface area contributed by atoms with E-state index in [1.54, 1.807) is 0 Å². The molecule has 1 saturated heterocycles. The summed E-state index contributed by atoms with van der Waals surface area (Å²) < 4.78 is 5.32. The number of carbonyl (C=O) groups is 1. The fraction of sp³-hybridized carbons (Fsp3) is 0.357. The second-order valence-electron chi connectivity index (χ2n) is 4.80. The molecule has 1 heterocycles. The Labute approximate surface area is 131 Å². The van der Waals surface area contributed by atoms with E-state index in [4.69, 9.17) is 22.1 Å². The van der Waals surface area contributed by atoms with Crippen LogP contribution in [0.2, 0.25) is 5.02 Å². The molecule has 22 heavy (non-hydrogen) atoms. The molecule has 0 aliphatic carbocycles. The maximum absolute atomic E-state index is 11.2. The minimum atomic E-state index is -0.798. The van der Waals surface area contributed by atoms with Gasteiger partial charge in [-0.1, -0.05) is 23.4 Å². The van der Waals surface area contributed by atoms with E-state index < -0.39 is 16.5 Å². The van der Waals surface area contributed by atoms with Crippen LogP contribution in [-0.2, 0) is 0 Å². The predicted molar refractivity (Wildman–Crippen MR) is 80.9 cm³/mol. The van der Waals surface area contributed by atoms with Gasteiger partial charge in [0.25, 0.3) is 5.69 Å². The van der Waals surface area contributed by atoms with Crippen LogP contribution >= 0.6 is 11.6 Å². The highest BCUT2D eigenvalue weighted by Crippen LogP contribution is 2.35. The number of primary amides is 1. The van der Waals surface area contributed by atoms with Crippen LogP contribution in [0.25, 0.3) is 0 Å². The number of nitrogens with zero attached hydrogens (tertiary/aromatic N) is 1. The molecule has 1 aliphatic rings. The van der Waals surface area contributed by atoms with Crippen molar-refractivity contribution in [1.82, 2.24) is 5.32 Å². The Morgan fingerprint density at radius 1 is 1.50 bits per heavy atom. The van der Waals surface area contributed by atoms with Gasteiger partial charge in [0.1, 0.15) is 12.4 Å². The van der Waals surface area contributed by atoms with Crippen molar-refractivity contribution in [1.29, 1.82) is 0 Å². The van der Waals surface area contributed by atoms with Gasteiger partial charge in [-0.3, -0.25) is 14.9 Å². The van der Waals surface area contributed by atoms with Crippen LogP contribution in [0.1, 0.15) is 16.8 Å². The first kappa shape index (κ1) is 16.1. The first-order chi connectivity index (χ1) is 10.5. The molecule has 0 saturated carbocycles. The average molecular weight is 324 g/mol. The van der Waals surface area contributed by atoms with E-state index in [2.05, 4.69) is 17.2 Å². The summed E-state index contributed by atoms with van der Waals surface area (Å²) in [5.74, 6) is 5.57. The van der Waals surface area contributed by atoms with Gasteiger partial charge in [0.15, 0.2) is 5.02 Å². The van der Waals surface area contributed by atoms with E-state index >= 15 is 0 Å². The van der Waals surface area contributed by atoms with Crippen LogP contribution in [0.4, 0.5) is 5.69 Å². The molecule has 0 radical (unpaired) electrons. The van der Waals surface area contributed by atoms with E-state index in [1.165, 1.54) is 6.07 Å². The van der Waals surface area contributed by atoms with Crippen molar-refractivity contribution in [2.24, 2.45) is 11.7 Å². The second-order valence-corrected chi connectivity index (χ2v) is 5.18. The molecule has 3 N–H and O–H groups in total.